The molecule has 17 heavy (non-hydrogen) atoms. The van der Waals surface area contributed by atoms with Gasteiger partial charge in [-0.15, -0.1) is 0 Å². The van der Waals surface area contributed by atoms with Crippen molar-refractivity contribution in [2.24, 2.45) is 0 Å². The van der Waals surface area contributed by atoms with Crippen molar-refractivity contribution in [1.29, 1.82) is 0 Å². The van der Waals surface area contributed by atoms with E-state index in [1.807, 2.05) is 37.3 Å². The summed E-state index contributed by atoms with van der Waals surface area (Å²) in [5.74, 6) is 0.503. The lowest BCUT2D eigenvalue weighted by molar-refractivity contribution is 0.608. The number of hydrogen-bond acceptors (Lipinski definition) is 3. The van der Waals surface area contributed by atoms with Crippen molar-refractivity contribution in [3.63, 3.8) is 0 Å². The molecule has 0 bridgehead atoms. The Morgan fingerprint density at radius 2 is 2.06 bits per heavy atom. The van der Waals surface area contributed by atoms with Crippen LogP contribution in [0.25, 0.3) is 22.7 Å². The van der Waals surface area contributed by atoms with Crippen molar-refractivity contribution in [1.82, 2.24) is 9.97 Å². The number of aryl methyl sites for hydroxylation is 1. The van der Waals surface area contributed by atoms with Gasteiger partial charge in [0.2, 0.25) is 11.6 Å². The largest absolute Gasteiger partial charge is 0.418 e. The molecule has 0 fully saturated rings. The summed E-state index contributed by atoms with van der Waals surface area (Å²) in [7, 11) is 0. The summed E-state index contributed by atoms with van der Waals surface area (Å²) in [5, 5.41) is 0.621. The van der Waals surface area contributed by atoms with E-state index in [4.69, 9.17) is 16.0 Å². The van der Waals surface area contributed by atoms with E-state index in [0.29, 0.717) is 16.6 Å². The molecule has 0 N–H and O–H groups in total. The highest BCUT2D eigenvalue weighted by molar-refractivity contribution is 6.33. The molecule has 84 valence electrons. The van der Waals surface area contributed by atoms with Crippen molar-refractivity contribution >= 4 is 22.8 Å². The number of oxazole rings is 1. The quantitative estimate of drug-likeness (QED) is 0.653. The normalized spacial score (nSPS) is 10.9. The van der Waals surface area contributed by atoms with E-state index >= 15 is 0 Å². The highest BCUT2D eigenvalue weighted by Crippen LogP contribution is 2.29. The van der Waals surface area contributed by atoms with Gasteiger partial charge in [0, 0.05) is 6.20 Å². The maximum atomic E-state index is 6.10. The van der Waals surface area contributed by atoms with Gasteiger partial charge in [-0.3, -0.25) is 0 Å². The van der Waals surface area contributed by atoms with Gasteiger partial charge in [-0.2, -0.15) is 0 Å². The number of benzene rings is 1. The van der Waals surface area contributed by atoms with Gasteiger partial charge in [0.15, 0.2) is 0 Å². The lowest BCUT2D eigenvalue weighted by Gasteiger charge is -1.96. The van der Waals surface area contributed by atoms with E-state index < -0.39 is 0 Å². The van der Waals surface area contributed by atoms with E-state index in [2.05, 4.69) is 9.97 Å². The molecule has 0 amide bonds. The molecule has 0 aliphatic heterocycles. The first kappa shape index (κ1) is 10.3. The zero-order valence-corrected chi connectivity index (χ0v) is 9.90. The SMILES string of the molecule is Cc1cnc2oc(-c3ccccc3Cl)nc2c1. The molecule has 2 aromatic heterocycles. The van der Waals surface area contributed by atoms with Gasteiger partial charge in [-0.1, -0.05) is 23.7 Å². The second kappa shape index (κ2) is 3.86. The summed E-state index contributed by atoms with van der Waals surface area (Å²) in [6.45, 7) is 1.97. The maximum Gasteiger partial charge on any atom is 0.247 e. The third kappa shape index (κ3) is 1.78. The van der Waals surface area contributed by atoms with Gasteiger partial charge in [-0.05, 0) is 30.7 Å². The number of rotatable bonds is 1. The molecule has 2 heterocycles. The van der Waals surface area contributed by atoms with Gasteiger partial charge < -0.3 is 4.42 Å². The van der Waals surface area contributed by atoms with Crippen LogP contribution in [-0.2, 0) is 0 Å². The number of hydrogen-bond donors (Lipinski definition) is 0. The van der Waals surface area contributed by atoms with Crippen LogP contribution in [0.4, 0.5) is 0 Å². The van der Waals surface area contributed by atoms with Crippen LogP contribution in [-0.4, -0.2) is 9.97 Å². The minimum Gasteiger partial charge on any atom is -0.418 e. The van der Waals surface area contributed by atoms with Crippen molar-refractivity contribution in [3.05, 3.63) is 47.1 Å². The molecule has 0 saturated carbocycles. The first-order valence-corrected chi connectivity index (χ1v) is 5.60. The molecule has 1 aromatic carbocycles. The molecule has 0 radical (unpaired) electrons. The fraction of sp³-hybridized carbons (Fsp3) is 0.0769. The van der Waals surface area contributed by atoms with Crippen molar-refractivity contribution < 1.29 is 4.42 Å². The third-order valence-electron chi connectivity index (χ3n) is 2.49. The van der Waals surface area contributed by atoms with Crippen LogP contribution in [0.5, 0.6) is 0 Å². The summed E-state index contributed by atoms with van der Waals surface area (Å²) in [6, 6.07) is 9.39. The van der Waals surface area contributed by atoms with Crippen LogP contribution in [0.2, 0.25) is 5.02 Å². The Labute approximate surface area is 103 Å². The second-order valence-electron chi connectivity index (χ2n) is 3.84. The van der Waals surface area contributed by atoms with Crippen molar-refractivity contribution in [3.8, 4) is 11.5 Å². The Balaban J connectivity index is 2.22. The lowest BCUT2D eigenvalue weighted by Crippen LogP contribution is -1.78. The van der Waals surface area contributed by atoms with Crippen LogP contribution < -0.4 is 0 Å². The maximum absolute atomic E-state index is 6.10. The molecule has 4 heteroatoms. The van der Waals surface area contributed by atoms with Gasteiger partial charge >= 0.3 is 0 Å². The minimum absolute atomic E-state index is 0.503. The topological polar surface area (TPSA) is 38.9 Å². The standard InChI is InChI=1S/C13H9ClN2O/c1-8-6-11-13(15-7-8)17-12(16-11)9-4-2-3-5-10(9)14/h2-7H,1H3. The molecule has 0 aliphatic rings. The van der Waals surface area contributed by atoms with Gasteiger partial charge in [-0.25, -0.2) is 9.97 Å². The summed E-state index contributed by atoms with van der Waals surface area (Å²) in [6.07, 6.45) is 1.75. The Morgan fingerprint density at radius 1 is 1.24 bits per heavy atom. The van der Waals surface area contributed by atoms with Crippen LogP contribution in [0.3, 0.4) is 0 Å². The van der Waals surface area contributed by atoms with Crippen LogP contribution in [0, 0.1) is 6.92 Å². The summed E-state index contributed by atoms with van der Waals surface area (Å²) < 4.78 is 5.58. The molecular weight excluding hydrogens is 236 g/mol. The van der Waals surface area contributed by atoms with E-state index in [-0.39, 0.29) is 0 Å². The Morgan fingerprint density at radius 3 is 2.88 bits per heavy atom. The molecule has 0 unspecified atom stereocenters. The van der Waals surface area contributed by atoms with E-state index in [1.54, 1.807) is 6.20 Å². The van der Waals surface area contributed by atoms with Gasteiger partial charge in [0.25, 0.3) is 0 Å². The predicted molar refractivity (Wildman–Crippen MR) is 67.0 cm³/mol. The number of aromatic nitrogens is 2. The smallest absolute Gasteiger partial charge is 0.247 e. The predicted octanol–water partition coefficient (Wildman–Crippen LogP) is 3.85. The number of pyridine rings is 1. The molecule has 0 saturated heterocycles. The molecule has 0 aliphatic carbocycles. The number of nitrogens with zero attached hydrogens (tertiary/aromatic N) is 2. The zero-order chi connectivity index (χ0) is 11.8. The van der Waals surface area contributed by atoms with Crippen molar-refractivity contribution in [2.45, 2.75) is 6.92 Å². The summed E-state index contributed by atoms with van der Waals surface area (Å²) in [4.78, 5) is 8.58. The molecule has 0 spiro atoms. The fourth-order valence-electron chi connectivity index (χ4n) is 1.67. The summed E-state index contributed by atoms with van der Waals surface area (Å²) in [5.41, 5.74) is 3.12. The Hall–Kier alpha value is -1.87. The molecule has 3 rings (SSSR count). The monoisotopic (exact) mass is 244 g/mol. The first-order valence-electron chi connectivity index (χ1n) is 5.22. The van der Waals surface area contributed by atoms with Crippen molar-refractivity contribution in [2.75, 3.05) is 0 Å². The average molecular weight is 245 g/mol. The van der Waals surface area contributed by atoms with E-state index in [0.717, 1.165) is 16.6 Å². The number of halogens is 1. The molecule has 3 nitrogen and oxygen atoms in total. The van der Waals surface area contributed by atoms with Crippen LogP contribution in [0.15, 0.2) is 40.9 Å². The van der Waals surface area contributed by atoms with Crippen LogP contribution >= 0.6 is 11.6 Å². The van der Waals surface area contributed by atoms with E-state index in [1.165, 1.54) is 0 Å². The van der Waals surface area contributed by atoms with E-state index in [9.17, 15) is 0 Å². The Bertz CT molecular complexity index is 691. The lowest BCUT2D eigenvalue weighted by atomic mass is 10.2. The third-order valence-corrected chi connectivity index (χ3v) is 2.82. The van der Waals surface area contributed by atoms with Gasteiger partial charge in [0.05, 0.1) is 10.6 Å². The highest BCUT2D eigenvalue weighted by atomic mass is 35.5. The first-order chi connectivity index (χ1) is 8.24. The summed E-state index contributed by atoms with van der Waals surface area (Å²) >= 11 is 6.10. The van der Waals surface area contributed by atoms with Crippen LogP contribution in [0.1, 0.15) is 5.56 Å². The average Bonchev–Trinajstić information content (AvgIpc) is 2.72. The molecule has 3 aromatic rings. The fourth-order valence-corrected chi connectivity index (χ4v) is 1.89. The highest BCUT2D eigenvalue weighted by Gasteiger charge is 2.11. The Kier molecular flexibility index (Phi) is 2.34. The zero-order valence-electron chi connectivity index (χ0n) is 9.14. The molecular formula is C13H9ClN2O. The molecule has 0 atom stereocenters. The number of fused-ring (bicyclic) bond motifs is 1. The second-order valence-corrected chi connectivity index (χ2v) is 4.24. The minimum atomic E-state index is 0.503. The van der Waals surface area contributed by atoms with Gasteiger partial charge in [0.1, 0.15) is 5.52 Å².